The van der Waals surface area contributed by atoms with E-state index < -0.39 is 22.1 Å². The zero-order valence-corrected chi connectivity index (χ0v) is 15.8. The van der Waals surface area contributed by atoms with Crippen molar-refractivity contribution in [2.75, 3.05) is 20.7 Å². The molecule has 140 valence electrons. The molecule has 0 heterocycles. The first-order valence-corrected chi connectivity index (χ1v) is 9.15. The Hall–Kier alpha value is -1.97. The Morgan fingerprint density at radius 3 is 2.20 bits per heavy atom. The van der Waals surface area contributed by atoms with Gasteiger partial charge in [-0.1, -0.05) is 18.3 Å². The number of hydrogen-bond donors (Lipinski definition) is 1. The fourth-order valence-corrected chi connectivity index (χ4v) is 2.71. The molecule has 0 aromatic heterocycles. The van der Waals surface area contributed by atoms with Crippen LogP contribution in [0.3, 0.4) is 0 Å². The summed E-state index contributed by atoms with van der Waals surface area (Å²) in [5.41, 5.74) is 0.141. The molecule has 0 aliphatic carbocycles. The van der Waals surface area contributed by atoms with Crippen LogP contribution >= 0.6 is 0 Å². The first-order valence-electron chi connectivity index (χ1n) is 7.71. The summed E-state index contributed by atoms with van der Waals surface area (Å²) in [6.07, 6.45) is -0.950. The van der Waals surface area contributed by atoms with E-state index in [1.165, 1.54) is 45.3 Å². The predicted molar refractivity (Wildman–Crippen MR) is 91.1 cm³/mol. The molecule has 1 rings (SSSR count). The maximum absolute atomic E-state index is 12.1. The zero-order chi connectivity index (χ0) is 19.2. The van der Waals surface area contributed by atoms with Gasteiger partial charge in [0.1, 0.15) is 0 Å². The Bertz CT molecular complexity index is 700. The highest BCUT2D eigenvalue weighted by Gasteiger charge is 2.22. The first-order chi connectivity index (χ1) is 11.6. The summed E-state index contributed by atoms with van der Waals surface area (Å²) < 4.78 is 29.9. The number of esters is 1. The average molecular weight is 372 g/mol. The van der Waals surface area contributed by atoms with Gasteiger partial charge in [-0.05, 0) is 37.1 Å². The van der Waals surface area contributed by atoms with Crippen LogP contribution in [0, 0.1) is 5.92 Å². The molecule has 0 spiro atoms. The molecule has 1 aromatic rings. The van der Waals surface area contributed by atoms with E-state index in [1.807, 2.05) is 13.8 Å². The van der Waals surface area contributed by atoms with Crippen molar-refractivity contribution in [2.45, 2.75) is 31.8 Å². The molecule has 1 amide bonds. The van der Waals surface area contributed by atoms with Gasteiger partial charge in [0.25, 0.3) is 15.9 Å². The molecule has 1 N–H and O–H groups in total. The van der Waals surface area contributed by atoms with Gasteiger partial charge in [-0.2, -0.15) is 0 Å². The first kappa shape index (κ1) is 21.1. The Labute approximate surface area is 148 Å². The van der Waals surface area contributed by atoms with Crippen LogP contribution in [0.4, 0.5) is 0 Å². The van der Waals surface area contributed by atoms with Crippen molar-refractivity contribution in [3.05, 3.63) is 29.8 Å². The summed E-state index contributed by atoms with van der Waals surface area (Å²) in [6.45, 7) is 5.86. The highest BCUT2D eigenvalue weighted by molar-refractivity contribution is 7.89. The standard InChI is InChI=1S/C16H24N2O6S/c1-11(2)10-17-15(19)12(3)24-16(20)13-6-8-14(9-7-13)25(21,22)18(4)23-5/h6-9,11-12H,10H2,1-5H3,(H,17,19)/t12-/m0/s1. The SMILES string of the molecule is CON(C)S(=O)(=O)c1ccc(C(=O)O[C@@H](C)C(=O)NCC(C)C)cc1. The van der Waals surface area contributed by atoms with Crippen molar-refractivity contribution in [3.8, 4) is 0 Å². The monoisotopic (exact) mass is 372 g/mol. The minimum atomic E-state index is -3.79. The fourth-order valence-electron chi connectivity index (χ4n) is 1.74. The molecule has 1 aromatic carbocycles. The minimum Gasteiger partial charge on any atom is -0.449 e. The molecular formula is C16H24N2O6S. The maximum atomic E-state index is 12.1. The van der Waals surface area contributed by atoms with E-state index in [0.717, 1.165) is 0 Å². The minimum absolute atomic E-state index is 0.0314. The Morgan fingerprint density at radius 1 is 1.16 bits per heavy atom. The Kier molecular flexibility index (Phi) is 7.53. The van der Waals surface area contributed by atoms with Crippen LogP contribution in [0.5, 0.6) is 0 Å². The summed E-state index contributed by atoms with van der Waals surface area (Å²) in [6, 6.07) is 5.17. The van der Waals surface area contributed by atoms with E-state index in [2.05, 4.69) is 10.2 Å². The summed E-state index contributed by atoms with van der Waals surface area (Å²) in [5, 5.41) is 2.67. The Balaban J connectivity index is 2.76. The number of ether oxygens (including phenoxy) is 1. The molecule has 0 fully saturated rings. The second-order valence-electron chi connectivity index (χ2n) is 5.81. The van der Waals surface area contributed by atoms with Crippen molar-refractivity contribution in [2.24, 2.45) is 5.92 Å². The lowest BCUT2D eigenvalue weighted by molar-refractivity contribution is -0.129. The van der Waals surface area contributed by atoms with E-state index >= 15 is 0 Å². The van der Waals surface area contributed by atoms with Crippen molar-refractivity contribution in [3.63, 3.8) is 0 Å². The van der Waals surface area contributed by atoms with E-state index in [9.17, 15) is 18.0 Å². The number of nitrogens with one attached hydrogen (secondary N) is 1. The number of rotatable bonds is 8. The van der Waals surface area contributed by atoms with Crippen LogP contribution < -0.4 is 5.32 Å². The smallest absolute Gasteiger partial charge is 0.338 e. The second-order valence-corrected chi connectivity index (χ2v) is 7.74. The molecule has 0 saturated heterocycles. The summed E-state index contributed by atoms with van der Waals surface area (Å²) in [4.78, 5) is 28.5. The van der Waals surface area contributed by atoms with Crippen molar-refractivity contribution >= 4 is 21.9 Å². The number of amides is 1. The van der Waals surface area contributed by atoms with Crippen LogP contribution in [0.15, 0.2) is 29.2 Å². The highest BCUT2D eigenvalue weighted by Crippen LogP contribution is 2.16. The van der Waals surface area contributed by atoms with E-state index in [0.29, 0.717) is 11.0 Å². The number of carbonyl (C=O) groups is 2. The molecule has 0 aliphatic heterocycles. The molecule has 0 radical (unpaired) electrons. The molecule has 9 heteroatoms. The van der Waals surface area contributed by atoms with Gasteiger partial charge >= 0.3 is 5.97 Å². The number of hydrogen-bond acceptors (Lipinski definition) is 6. The van der Waals surface area contributed by atoms with E-state index in [-0.39, 0.29) is 22.3 Å². The van der Waals surface area contributed by atoms with Crippen LogP contribution in [0.1, 0.15) is 31.1 Å². The van der Waals surface area contributed by atoms with E-state index in [4.69, 9.17) is 4.74 Å². The van der Waals surface area contributed by atoms with Gasteiger partial charge in [-0.15, -0.1) is 0 Å². The zero-order valence-electron chi connectivity index (χ0n) is 15.0. The van der Waals surface area contributed by atoms with Crippen LogP contribution in [-0.2, 0) is 24.4 Å². The normalized spacial score (nSPS) is 12.9. The number of carbonyl (C=O) groups excluding carboxylic acids is 2. The van der Waals surface area contributed by atoms with Crippen molar-refractivity contribution in [1.29, 1.82) is 0 Å². The summed E-state index contributed by atoms with van der Waals surface area (Å²) >= 11 is 0. The van der Waals surface area contributed by atoms with Crippen molar-refractivity contribution < 1.29 is 27.6 Å². The second kappa shape index (κ2) is 8.93. The van der Waals surface area contributed by atoms with Gasteiger partial charge in [-0.25, -0.2) is 13.2 Å². The number of hydroxylamine groups is 1. The van der Waals surface area contributed by atoms with Gasteiger partial charge in [0, 0.05) is 13.6 Å². The molecule has 0 saturated carbocycles. The summed E-state index contributed by atoms with van der Waals surface area (Å²) in [5.74, 6) is -0.814. The quantitative estimate of drug-likeness (QED) is 0.543. The van der Waals surface area contributed by atoms with E-state index in [1.54, 1.807) is 0 Å². The van der Waals surface area contributed by atoms with Crippen LogP contribution in [0.2, 0.25) is 0 Å². The van der Waals surface area contributed by atoms with Gasteiger partial charge in [0.05, 0.1) is 17.6 Å². The third kappa shape index (κ3) is 5.80. The fraction of sp³-hybridized carbons (Fsp3) is 0.500. The topological polar surface area (TPSA) is 102 Å². The lowest BCUT2D eigenvalue weighted by Gasteiger charge is -2.15. The van der Waals surface area contributed by atoms with Gasteiger partial charge in [0.2, 0.25) is 0 Å². The maximum Gasteiger partial charge on any atom is 0.338 e. The molecule has 0 bridgehead atoms. The molecule has 25 heavy (non-hydrogen) atoms. The molecule has 8 nitrogen and oxygen atoms in total. The molecule has 0 unspecified atom stereocenters. The highest BCUT2D eigenvalue weighted by atomic mass is 32.2. The lowest BCUT2D eigenvalue weighted by atomic mass is 10.2. The Morgan fingerprint density at radius 2 is 1.72 bits per heavy atom. The van der Waals surface area contributed by atoms with Gasteiger partial charge in [-0.3, -0.25) is 9.63 Å². The number of nitrogens with zero attached hydrogens (tertiary/aromatic N) is 1. The van der Waals surface area contributed by atoms with Crippen LogP contribution in [0.25, 0.3) is 0 Å². The number of sulfonamides is 1. The third-order valence-electron chi connectivity index (χ3n) is 3.32. The third-order valence-corrected chi connectivity index (χ3v) is 5.01. The predicted octanol–water partition coefficient (Wildman–Crippen LogP) is 1.19. The van der Waals surface area contributed by atoms with Crippen molar-refractivity contribution in [1.82, 2.24) is 9.79 Å². The summed E-state index contributed by atoms with van der Waals surface area (Å²) in [7, 11) is -1.30. The molecular weight excluding hydrogens is 348 g/mol. The molecule has 1 atom stereocenters. The van der Waals surface area contributed by atoms with Gasteiger partial charge < -0.3 is 10.1 Å². The molecule has 0 aliphatic rings. The number of benzene rings is 1. The lowest BCUT2D eigenvalue weighted by Crippen LogP contribution is -2.37. The van der Waals surface area contributed by atoms with Gasteiger partial charge in [0.15, 0.2) is 6.10 Å². The largest absolute Gasteiger partial charge is 0.449 e. The average Bonchev–Trinajstić information content (AvgIpc) is 2.58. The van der Waals surface area contributed by atoms with Crippen LogP contribution in [-0.4, -0.2) is 51.6 Å².